The predicted molar refractivity (Wildman–Crippen MR) is 104 cm³/mol. The fraction of sp³-hybridized carbons (Fsp3) is 0.400. The third-order valence-electron chi connectivity index (χ3n) is 4.82. The molecule has 7 nitrogen and oxygen atoms in total. The first-order valence-corrected chi connectivity index (χ1v) is 9.11. The van der Waals surface area contributed by atoms with Crippen LogP contribution < -0.4 is 15.5 Å². The maximum absolute atomic E-state index is 12.7. The minimum Gasteiger partial charge on any atom is -0.468 e. The van der Waals surface area contributed by atoms with E-state index in [-0.39, 0.29) is 18.0 Å². The molecule has 0 saturated carbocycles. The van der Waals surface area contributed by atoms with Gasteiger partial charge in [-0.05, 0) is 51.2 Å². The van der Waals surface area contributed by atoms with Crippen LogP contribution in [0, 0.1) is 0 Å². The number of carbonyl (C=O) groups is 2. The number of nitrogens with one attached hydrogen (secondary N) is 2. The van der Waals surface area contributed by atoms with Gasteiger partial charge >= 0.3 is 6.03 Å². The van der Waals surface area contributed by atoms with Crippen LogP contribution in [-0.2, 0) is 11.2 Å². The molecule has 2 unspecified atom stereocenters. The number of benzene rings is 1. The molecule has 2 atom stereocenters. The molecule has 144 valence electrons. The number of hydrogen-bond acceptors (Lipinski definition) is 4. The molecule has 0 saturated heterocycles. The quantitative estimate of drug-likeness (QED) is 0.817. The number of nitrogens with zero attached hydrogens (tertiary/aromatic N) is 2. The van der Waals surface area contributed by atoms with E-state index in [1.54, 1.807) is 18.1 Å². The summed E-state index contributed by atoms with van der Waals surface area (Å²) in [5, 5.41) is 5.56. The maximum atomic E-state index is 12.7. The number of carbonyl (C=O) groups excluding carboxylic acids is 2. The van der Waals surface area contributed by atoms with Crippen LogP contribution in [0.5, 0.6) is 0 Å². The highest BCUT2D eigenvalue weighted by Gasteiger charge is 2.28. The summed E-state index contributed by atoms with van der Waals surface area (Å²) in [6.07, 6.45) is 2.45. The van der Waals surface area contributed by atoms with Crippen molar-refractivity contribution in [2.24, 2.45) is 0 Å². The summed E-state index contributed by atoms with van der Waals surface area (Å²) in [6.45, 7) is 2.73. The standard InChI is InChI=1S/C20H26N4O3/c1-14(19(25)24-11-10-15-7-4-5-8-16(15)24)22-20(26)21-13-17(23(2)3)18-9-6-12-27-18/h4-9,12,14,17H,10-11,13H2,1-3H3,(H2,21,22,26). The van der Waals surface area contributed by atoms with Gasteiger partial charge in [0.15, 0.2) is 0 Å². The molecule has 3 amide bonds. The summed E-state index contributed by atoms with van der Waals surface area (Å²) < 4.78 is 5.44. The average Bonchev–Trinajstić information content (AvgIpc) is 3.30. The summed E-state index contributed by atoms with van der Waals surface area (Å²) >= 11 is 0. The number of urea groups is 1. The van der Waals surface area contributed by atoms with Gasteiger partial charge in [-0.3, -0.25) is 9.69 Å². The molecule has 0 radical (unpaired) electrons. The number of anilines is 1. The second kappa shape index (κ2) is 8.26. The first kappa shape index (κ1) is 19.0. The first-order valence-electron chi connectivity index (χ1n) is 9.11. The highest BCUT2D eigenvalue weighted by atomic mass is 16.3. The Hall–Kier alpha value is -2.80. The molecule has 2 N–H and O–H groups in total. The average molecular weight is 370 g/mol. The first-order chi connectivity index (χ1) is 13.0. The summed E-state index contributed by atoms with van der Waals surface area (Å²) in [5.41, 5.74) is 2.09. The zero-order valence-electron chi connectivity index (χ0n) is 15.9. The van der Waals surface area contributed by atoms with Crippen LogP contribution >= 0.6 is 0 Å². The van der Waals surface area contributed by atoms with Crippen LogP contribution in [0.4, 0.5) is 10.5 Å². The van der Waals surface area contributed by atoms with Gasteiger partial charge in [0.1, 0.15) is 11.8 Å². The van der Waals surface area contributed by atoms with Gasteiger partial charge in [-0.25, -0.2) is 4.79 Å². The zero-order valence-corrected chi connectivity index (χ0v) is 15.9. The molecular formula is C20H26N4O3. The van der Waals surface area contributed by atoms with Crippen LogP contribution in [0.2, 0.25) is 0 Å². The van der Waals surface area contributed by atoms with E-state index in [0.717, 1.165) is 23.4 Å². The Kier molecular flexibility index (Phi) is 5.81. The highest BCUT2D eigenvalue weighted by molar-refractivity contribution is 6.00. The summed E-state index contributed by atoms with van der Waals surface area (Å²) in [5.74, 6) is 0.670. The van der Waals surface area contributed by atoms with Crippen molar-refractivity contribution in [1.82, 2.24) is 15.5 Å². The smallest absolute Gasteiger partial charge is 0.315 e. The Morgan fingerprint density at radius 2 is 2.00 bits per heavy atom. The second-order valence-corrected chi connectivity index (χ2v) is 6.94. The van der Waals surface area contributed by atoms with Crippen LogP contribution in [0.15, 0.2) is 47.1 Å². The fourth-order valence-electron chi connectivity index (χ4n) is 3.32. The van der Waals surface area contributed by atoms with Crippen molar-refractivity contribution in [3.8, 4) is 0 Å². The fourth-order valence-corrected chi connectivity index (χ4v) is 3.32. The molecule has 0 aliphatic carbocycles. The third-order valence-corrected chi connectivity index (χ3v) is 4.82. The van der Waals surface area contributed by atoms with Gasteiger partial charge in [0.05, 0.1) is 12.3 Å². The normalized spacial score (nSPS) is 15.3. The number of hydrogen-bond donors (Lipinski definition) is 2. The number of likely N-dealkylation sites (N-methyl/N-ethyl adjacent to an activating group) is 1. The van der Waals surface area contributed by atoms with E-state index < -0.39 is 6.04 Å². The molecule has 3 rings (SSSR count). The van der Waals surface area contributed by atoms with Gasteiger partial charge < -0.3 is 20.0 Å². The number of furan rings is 1. The summed E-state index contributed by atoms with van der Waals surface area (Å²) in [6, 6.07) is 10.5. The van der Waals surface area contributed by atoms with Crippen molar-refractivity contribution in [2.45, 2.75) is 25.4 Å². The lowest BCUT2D eigenvalue weighted by atomic mass is 10.2. The van der Waals surface area contributed by atoms with E-state index >= 15 is 0 Å². The minimum absolute atomic E-state index is 0.0813. The highest BCUT2D eigenvalue weighted by Crippen LogP contribution is 2.27. The lowest BCUT2D eigenvalue weighted by Gasteiger charge is -2.24. The molecule has 27 heavy (non-hydrogen) atoms. The van der Waals surface area contributed by atoms with Gasteiger partial charge in [-0.15, -0.1) is 0 Å². The summed E-state index contributed by atoms with van der Waals surface area (Å²) in [4.78, 5) is 28.7. The van der Waals surface area contributed by atoms with Gasteiger partial charge in [0.25, 0.3) is 0 Å². The van der Waals surface area contributed by atoms with Crippen LogP contribution in [0.25, 0.3) is 0 Å². The molecule has 1 aromatic heterocycles. The van der Waals surface area contributed by atoms with Gasteiger partial charge in [0.2, 0.25) is 5.91 Å². The number of para-hydroxylation sites is 1. The topological polar surface area (TPSA) is 77.8 Å². The molecule has 1 aliphatic heterocycles. The van der Waals surface area contributed by atoms with E-state index in [0.29, 0.717) is 13.1 Å². The molecule has 2 aromatic rings. The molecule has 0 bridgehead atoms. The lowest BCUT2D eigenvalue weighted by Crippen LogP contribution is -2.50. The number of amides is 3. The van der Waals surface area contributed by atoms with Gasteiger partial charge in [-0.2, -0.15) is 0 Å². The van der Waals surface area contributed by atoms with Crippen LogP contribution in [-0.4, -0.2) is 50.1 Å². The summed E-state index contributed by atoms with van der Waals surface area (Å²) in [7, 11) is 3.84. The second-order valence-electron chi connectivity index (χ2n) is 6.94. The van der Waals surface area contributed by atoms with Crippen molar-refractivity contribution < 1.29 is 14.0 Å². The molecule has 2 heterocycles. The van der Waals surface area contributed by atoms with E-state index in [1.807, 2.05) is 55.4 Å². The van der Waals surface area contributed by atoms with Gasteiger partial charge in [-0.1, -0.05) is 18.2 Å². The number of fused-ring (bicyclic) bond motifs is 1. The number of rotatable bonds is 6. The SMILES string of the molecule is CC(NC(=O)NCC(c1ccco1)N(C)C)C(=O)N1CCc2ccccc21. The van der Waals surface area contributed by atoms with Crippen molar-refractivity contribution in [1.29, 1.82) is 0 Å². The molecule has 1 aliphatic rings. The Labute approximate surface area is 159 Å². The zero-order chi connectivity index (χ0) is 19.4. The van der Waals surface area contributed by atoms with Gasteiger partial charge in [0, 0.05) is 18.8 Å². The van der Waals surface area contributed by atoms with E-state index in [1.165, 1.54) is 0 Å². The molecular weight excluding hydrogens is 344 g/mol. The van der Waals surface area contributed by atoms with Crippen molar-refractivity contribution in [3.63, 3.8) is 0 Å². The minimum atomic E-state index is -0.613. The van der Waals surface area contributed by atoms with Crippen LogP contribution in [0.1, 0.15) is 24.3 Å². The van der Waals surface area contributed by atoms with Crippen molar-refractivity contribution in [3.05, 3.63) is 54.0 Å². The largest absolute Gasteiger partial charge is 0.468 e. The third kappa shape index (κ3) is 4.31. The molecule has 0 fully saturated rings. The maximum Gasteiger partial charge on any atom is 0.315 e. The van der Waals surface area contributed by atoms with E-state index in [9.17, 15) is 9.59 Å². The van der Waals surface area contributed by atoms with Crippen molar-refractivity contribution in [2.75, 3.05) is 32.1 Å². The Morgan fingerprint density at radius 1 is 1.22 bits per heavy atom. The van der Waals surface area contributed by atoms with Crippen LogP contribution in [0.3, 0.4) is 0 Å². The Morgan fingerprint density at radius 3 is 2.70 bits per heavy atom. The van der Waals surface area contributed by atoms with E-state index in [2.05, 4.69) is 10.6 Å². The molecule has 0 spiro atoms. The lowest BCUT2D eigenvalue weighted by molar-refractivity contribution is -0.119. The Balaban J connectivity index is 1.54. The monoisotopic (exact) mass is 370 g/mol. The Bertz CT molecular complexity index is 788. The predicted octanol–water partition coefficient (Wildman–Crippen LogP) is 2.16. The molecule has 7 heteroatoms. The molecule has 1 aromatic carbocycles. The van der Waals surface area contributed by atoms with Crippen molar-refractivity contribution >= 4 is 17.6 Å². The van der Waals surface area contributed by atoms with E-state index in [4.69, 9.17) is 4.42 Å².